The Morgan fingerprint density at radius 2 is 1.69 bits per heavy atom. The van der Waals surface area contributed by atoms with Gasteiger partial charge in [-0.15, -0.1) is 0 Å². The van der Waals surface area contributed by atoms with Gasteiger partial charge in [0.1, 0.15) is 22.8 Å². The smallest absolute Gasteiger partial charge is 0.275 e. The van der Waals surface area contributed by atoms with Crippen LogP contribution in [-0.2, 0) is 0 Å². The molecule has 0 bridgehead atoms. The van der Waals surface area contributed by atoms with E-state index in [0.29, 0.717) is 15.7 Å². The summed E-state index contributed by atoms with van der Waals surface area (Å²) in [4.78, 5) is 12.6. The number of hydrazine groups is 1. The van der Waals surface area contributed by atoms with Crippen molar-refractivity contribution in [1.82, 2.24) is 10.6 Å². The number of carbonyl (C=O) groups excluding carboxylic acids is 1. The van der Waals surface area contributed by atoms with E-state index < -0.39 is 11.7 Å². The third-order valence-electron chi connectivity index (χ3n) is 3.55. The molecular weight excluding hydrogens is 404 g/mol. The molecule has 0 aliphatic heterocycles. The van der Waals surface area contributed by atoms with Crippen LogP contribution in [0.2, 0.25) is 15.1 Å². The average Bonchev–Trinajstić information content (AvgIpc) is 2.95. The lowest BCUT2D eigenvalue weighted by Gasteiger charge is -2.12. The minimum atomic E-state index is -0.623. The largest absolute Gasteiger partial charge is 0.360 e. The summed E-state index contributed by atoms with van der Waals surface area (Å²) in [5.41, 5.74) is 5.43. The molecule has 0 radical (unpaired) electrons. The van der Waals surface area contributed by atoms with Gasteiger partial charge in [-0.2, -0.15) is 0 Å². The molecule has 3 rings (SSSR count). The number of aryl methyl sites for hydroxylation is 1. The highest BCUT2D eigenvalue weighted by Crippen LogP contribution is 2.34. The van der Waals surface area contributed by atoms with E-state index in [2.05, 4.69) is 16.0 Å². The lowest BCUT2D eigenvalue weighted by atomic mass is 10.1. The number of rotatable bonds is 4. The molecule has 0 fully saturated rings. The van der Waals surface area contributed by atoms with E-state index in [1.165, 1.54) is 25.1 Å². The van der Waals surface area contributed by atoms with Crippen molar-refractivity contribution in [2.24, 2.45) is 0 Å². The van der Waals surface area contributed by atoms with E-state index in [-0.39, 0.29) is 27.6 Å². The summed E-state index contributed by atoms with van der Waals surface area (Å²) >= 11 is 18.1. The molecule has 2 N–H and O–H groups in total. The number of carbonyl (C=O) groups is 1. The number of halogens is 4. The molecule has 1 heterocycles. The van der Waals surface area contributed by atoms with Gasteiger partial charge in [0.25, 0.3) is 5.91 Å². The van der Waals surface area contributed by atoms with E-state index in [4.69, 9.17) is 39.3 Å². The molecule has 134 valence electrons. The van der Waals surface area contributed by atoms with Crippen molar-refractivity contribution in [2.75, 3.05) is 5.43 Å². The number of amides is 1. The Hall–Kier alpha value is -2.28. The van der Waals surface area contributed by atoms with Gasteiger partial charge < -0.3 is 4.52 Å². The van der Waals surface area contributed by atoms with Crippen molar-refractivity contribution >= 4 is 46.4 Å². The first-order valence-electron chi connectivity index (χ1n) is 7.31. The minimum Gasteiger partial charge on any atom is -0.360 e. The third-order valence-corrected chi connectivity index (χ3v) is 4.50. The van der Waals surface area contributed by atoms with Crippen molar-refractivity contribution in [3.63, 3.8) is 0 Å². The lowest BCUT2D eigenvalue weighted by molar-refractivity contribution is 0.0961. The molecule has 0 saturated heterocycles. The Morgan fingerprint density at radius 1 is 1.08 bits per heavy atom. The molecule has 0 aliphatic carbocycles. The maximum atomic E-state index is 14.2. The number of nitrogens with one attached hydrogen (secondary N) is 2. The van der Waals surface area contributed by atoms with Crippen LogP contribution in [0.4, 0.5) is 10.1 Å². The summed E-state index contributed by atoms with van der Waals surface area (Å²) in [6.07, 6.45) is 0. The molecular formula is C17H11Cl3FN3O2. The van der Waals surface area contributed by atoms with Gasteiger partial charge in [-0.3, -0.25) is 15.6 Å². The van der Waals surface area contributed by atoms with Crippen molar-refractivity contribution in [2.45, 2.75) is 6.92 Å². The second-order valence-electron chi connectivity index (χ2n) is 5.23. The first kappa shape index (κ1) is 18.5. The summed E-state index contributed by atoms with van der Waals surface area (Å²) in [5.74, 6) is -1.04. The van der Waals surface area contributed by atoms with Gasteiger partial charge in [0, 0.05) is 0 Å². The second-order valence-corrected chi connectivity index (χ2v) is 6.46. The molecule has 1 aromatic heterocycles. The van der Waals surface area contributed by atoms with Gasteiger partial charge in [-0.05, 0) is 31.2 Å². The zero-order chi connectivity index (χ0) is 18.8. The zero-order valence-electron chi connectivity index (χ0n) is 13.2. The molecule has 2 aromatic carbocycles. The fourth-order valence-electron chi connectivity index (χ4n) is 2.33. The van der Waals surface area contributed by atoms with E-state index in [1.807, 2.05) is 0 Å². The molecule has 1 amide bonds. The number of hydrogen-bond donors (Lipinski definition) is 2. The molecule has 0 unspecified atom stereocenters. The van der Waals surface area contributed by atoms with Crippen molar-refractivity contribution in [1.29, 1.82) is 0 Å². The maximum absolute atomic E-state index is 14.2. The standard InChI is InChI=1S/C17H11Cl3FN3O2/c1-8-13(16(24-26-8)14-9(18)4-3-7-12(14)21)17(25)23-22-15-10(19)5-2-6-11(15)20/h2-7,22H,1H3,(H,23,25). The number of hydrogen-bond acceptors (Lipinski definition) is 4. The Balaban J connectivity index is 1.93. The number of anilines is 1. The summed E-state index contributed by atoms with van der Waals surface area (Å²) in [6, 6.07) is 9.05. The van der Waals surface area contributed by atoms with E-state index in [0.717, 1.165) is 0 Å². The first-order chi connectivity index (χ1) is 12.4. The van der Waals surface area contributed by atoms with E-state index in [9.17, 15) is 9.18 Å². The Kier molecular flexibility index (Phi) is 5.36. The number of nitrogens with zero attached hydrogens (tertiary/aromatic N) is 1. The van der Waals surface area contributed by atoms with Gasteiger partial charge >= 0.3 is 0 Å². The van der Waals surface area contributed by atoms with Crippen LogP contribution in [0.15, 0.2) is 40.9 Å². The van der Waals surface area contributed by atoms with Crippen LogP contribution in [0.3, 0.4) is 0 Å². The molecule has 3 aromatic rings. The van der Waals surface area contributed by atoms with Gasteiger partial charge in [0.05, 0.1) is 26.3 Å². The summed E-state index contributed by atoms with van der Waals surface area (Å²) < 4.78 is 19.3. The fraction of sp³-hybridized carbons (Fsp3) is 0.0588. The highest BCUT2D eigenvalue weighted by molar-refractivity contribution is 6.39. The molecule has 0 spiro atoms. The van der Waals surface area contributed by atoms with Gasteiger partial charge in [-0.1, -0.05) is 52.1 Å². The fourth-order valence-corrected chi connectivity index (χ4v) is 3.08. The number of aromatic nitrogens is 1. The predicted octanol–water partition coefficient (Wildman–Crippen LogP) is 5.51. The Bertz CT molecular complexity index is 951. The molecule has 5 nitrogen and oxygen atoms in total. The molecule has 0 saturated carbocycles. The SMILES string of the molecule is Cc1onc(-c2c(F)cccc2Cl)c1C(=O)NNc1c(Cl)cccc1Cl. The highest BCUT2D eigenvalue weighted by atomic mass is 35.5. The average molecular weight is 415 g/mol. The third kappa shape index (κ3) is 3.49. The maximum Gasteiger partial charge on any atom is 0.275 e. The van der Waals surface area contributed by atoms with Gasteiger partial charge in [0.15, 0.2) is 0 Å². The monoisotopic (exact) mass is 413 g/mol. The van der Waals surface area contributed by atoms with Crippen LogP contribution in [-0.4, -0.2) is 11.1 Å². The topological polar surface area (TPSA) is 67.2 Å². The van der Waals surface area contributed by atoms with E-state index >= 15 is 0 Å². The van der Waals surface area contributed by atoms with Crippen molar-refractivity contribution < 1.29 is 13.7 Å². The number of benzene rings is 2. The van der Waals surface area contributed by atoms with Crippen molar-refractivity contribution in [3.8, 4) is 11.3 Å². The summed E-state index contributed by atoms with van der Waals surface area (Å²) in [7, 11) is 0. The van der Waals surface area contributed by atoms with Crippen molar-refractivity contribution in [3.05, 3.63) is 68.6 Å². The van der Waals surface area contributed by atoms with Crippen LogP contribution < -0.4 is 10.9 Å². The van der Waals surface area contributed by atoms with E-state index in [1.54, 1.807) is 18.2 Å². The van der Waals surface area contributed by atoms with Crippen LogP contribution >= 0.6 is 34.8 Å². The van der Waals surface area contributed by atoms with Gasteiger partial charge in [-0.25, -0.2) is 4.39 Å². The van der Waals surface area contributed by atoms with Crippen LogP contribution in [0.5, 0.6) is 0 Å². The minimum absolute atomic E-state index is 0.00449. The highest BCUT2D eigenvalue weighted by Gasteiger charge is 2.25. The second kappa shape index (κ2) is 7.53. The Labute approximate surface area is 163 Å². The lowest BCUT2D eigenvalue weighted by Crippen LogP contribution is -2.30. The summed E-state index contributed by atoms with van der Waals surface area (Å²) in [6.45, 7) is 1.53. The molecule has 9 heteroatoms. The molecule has 26 heavy (non-hydrogen) atoms. The first-order valence-corrected chi connectivity index (χ1v) is 8.44. The predicted molar refractivity (Wildman–Crippen MR) is 99.2 cm³/mol. The van der Waals surface area contributed by atoms with Crippen LogP contribution in [0.1, 0.15) is 16.1 Å². The summed E-state index contributed by atoms with van der Waals surface area (Å²) in [5, 5.41) is 4.52. The quantitative estimate of drug-likeness (QED) is 0.553. The normalized spacial score (nSPS) is 10.7. The Morgan fingerprint density at radius 3 is 2.35 bits per heavy atom. The number of para-hydroxylation sites is 1. The van der Waals surface area contributed by atoms with Crippen LogP contribution in [0.25, 0.3) is 11.3 Å². The van der Waals surface area contributed by atoms with Crippen LogP contribution in [0, 0.1) is 12.7 Å². The molecule has 0 aliphatic rings. The zero-order valence-corrected chi connectivity index (χ0v) is 15.5. The molecule has 0 atom stereocenters. The van der Waals surface area contributed by atoms with Gasteiger partial charge in [0.2, 0.25) is 0 Å².